The van der Waals surface area contributed by atoms with E-state index >= 15 is 0 Å². The van der Waals surface area contributed by atoms with Gasteiger partial charge in [-0.3, -0.25) is 4.98 Å². The molecule has 0 aliphatic carbocycles. The zero-order chi connectivity index (χ0) is 16.8. The molecule has 0 radical (unpaired) electrons. The second kappa shape index (κ2) is 7.53. The normalized spacial score (nSPS) is 11.8. The summed E-state index contributed by atoms with van der Waals surface area (Å²) < 4.78 is 0. The van der Waals surface area contributed by atoms with Crippen molar-refractivity contribution in [3.8, 4) is 6.07 Å². The maximum atomic E-state index is 9.65. The molecule has 120 valence electrons. The number of aliphatic hydroxyl groups excluding tert-OH is 1. The molecule has 0 aliphatic rings. The lowest BCUT2D eigenvalue weighted by molar-refractivity contribution is 0.232. The number of aliphatic hydroxyl groups is 1. The number of para-hydroxylation sites is 1. The van der Waals surface area contributed by atoms with Gasteiger partial charge >= 0.3 is 0 Å². The van der Waals surface area contributed by atoms with Crippen LogP contribution in [0.3, 0.4) is 0 Å². The van der Waals surface area contributed by atoms with Gasteiger partial charge in [-0.25, -0.2) is 4.98 Å². The van der Waals surface area contributed by atoms with Gasteiger partial charge < -0.3 is 10.4 Å². The van der Waals surface area contributed by atoms with E-state index in [9.17, 15) is 5.11 Å². The Kier molecular flexibility index (Phi) is 4.99. The Morgan fingerprint density at radius 3 is 2.75 bits per heavy atom. The van der Waals surface area contributed by atoms with Gasteiger partial charge in [-0.2, -0.15) is 5.26 Å². The molecule has 1 aromatic carbocycles. The van der Waals surface area contributed by atoms with Crippen molar-refractivity contribution in [2.75, 3.05) is 18.5 Å². The minimum atomic E-state index is 0.0392. The summed E-state index contributed by atoms with van der Waals surface area (Å²) in [5, 5.41) is 23.1. The molecule has 0 amide bonds. The highest BCUT2D eigenvalue weighted by atomic mass is 16.3. The number of benzene rings is 1. The molecule has 1 atom stereocenters. The number of pyridine rings is 2. The maximum Gasteiger partial charge on any atom is 0.143 e. The van der Waals surface area contributed by atoms with Crippen LogP contribution in [-0.2, 0) is 6.42 Å². The summed E-state index contributed by atoms with van der Waals surface area (Å²) in [6.07, 6.45) is 2.45. The summed E-state index contributed by atoms with van der Waals surface area (Å²) in [4.78, 5) is 8.62. The molecular formula is C19H18N4O. The molecule has 0 bridgehead atoms. The van der Waals surface area contributed by atoms with Crippen molar-refractivity contribution in [2.45, 2.75) is 6.42 Å². The van der Waals surface area contributed by atoms with E-state index in [1.165, 1.54) is 0 Å². The van der Waals surface area contributed by atoms with Gasteiger partial charge in [0.15, 0.2) is 0 Å². The van der Waals surface area contributed by atoms with Crippen molar-refractivity contribution < 1.29 is 5.11 Å². The monoisotopic (exact) mass is 318 g/mol. The molecule has 3 aromatic rings. The fourth-order valence-electron chi connectivity index (χ4n) is 2.65. The van der Waals surface area contributed by atoms with Gasteiger partial charge in [0.05, 0.1) is 5.52 Å². The van der Waals surface area contributed by atoms with Gasteiger partial charge in [0.2, 0.25) is 0 Å². The maximum absolute atomic E-state index is 9.65. The van der Waals surface area contributed by atoms with E-state index in [4.69, 9.17) is 5.26 Å². The molecule has 0 saturated carbocycles. The number of nitrogens with zero attached hydrogens (tertiary/aromatic N) is 3. The second-order valence-electron chi connectivity index (χ2n) is 5.64. The number of nitrogens with one attached hydrogen (secondary N) is 1. The minimum absolute atomic E-state index is 0.0392. The van der Waals surface area contributed by atoms with Gasteiger partial charge in [-0.05, 0) is 30.7 Å². The fourth-order valence-corrected chi connectivity index (χ4v) is 2.65. The van der Waals surface area contributed by atoms with Crippen LogP contribution in [-0.4, -0.2) is 28.2 Å². The predicted molar refractivity (Wildman–Crippen MR) is 93.5 cm³/mol. The number of aromatic nitrogens is 2. The fraction of sp³-hybridized carbons (Fsp3) is 0.211. The zero-order valence-corrected chi connectivity index (χ0v) is 13.2. The summed E-state index contributed by atoms with van der Waals surface area (Å²) in [6.45, 7) is 0.656. The number of anilines is 1. The molecule has 2 heterocycles. The molecule has 1 unspecified atom stereocenters. The first-order chi connectivity index (χ1) is 11.8. The van der Waals surface area contributed by atoms with Crippen LogP contribution in [0.4, 0.5) is 5.69 Å². The van der Waals surface area contributed by atoms with Gasteiger partial charge in [-0.15, -0.1) is 0 Å². The number of nitriles is 1. The summed E-state index contributed by atoms with van der Waals surface area (Å²) >= 11 is 0. The van der Waals surface area contributed by atoms with E-state index in [1.807, 2.05) is 42.5 Å². The van der Waals surface area contributed by atoms with E-state index in [2.05, 4.69) is 21.4 Å². The lowest BCUT2D eigenvalue weighted by atomic mass is 10.0. The lowest BCUT2D eigenvalue weighted by Crippen LogP contribution is -2.21. The summed E-state index contributed by atoms with van der Waals surface area (Å²) in [5.41, 5.74) is 2.97. The summed E-state index contributed by atoms with van der Waals surface area (Å²) in [5.74, 6) is 0.0392. The van der Waals surface area contributed by atoms with Crippen LogP contribution in [0, 0.1) is 17.2 Å². The van der Waals surface area contributed by atoms with Crippen molar-refractivity contribution in [2.24, 2.45) is 5.92 Å². The number of hydrogen-bond acceptors (Lipinski definition) is 5. The van der Waals surface area contributed by atoms with Crippen molar-refractivity contribution in [3.63, 3.8) is 0 Å². The topological polar surface area (TPSA) is 81.8 Å². The third-order valence-corrected chi connectivity index (χ3v) is 3.89. The van der Waals surface area contributed by atoms with Crippen LogP contribution < -0.4 is 5.32 Å². The van der Waals surface area contributed by atoms with Crippen molar-refractivity contribution in [1.82, 2.24) is 9.97 Å². The Hall–Kier alpha value is -2.97. The van der Waals surface area contributed by atoms with Crippen LogP contribution in [0.25, 0.3) is 10.9 Å². The molecule has 0 fully saturated rings. The molecular weight excluding hydrogens is 300 g/mol. The molecule has 24 heavy (non-hydrogen) atoms. The summed E-state index contributed by atoms with van der Waals surface area (Å²) in [6, 6.07) is 17.3. The molecule has 2 N–H and O–H groups in total. The van der Waals surface area contributed by atoms with Gasteiger partial charge in [-0.1, -0.05) is 24.3 Å². The van der Waals surface area contributed by atoms with Crippen molar-refractivity contribution >= 4 is 16.6 Å². The first kappa shape index (κ1) is 15.9. The van der Waals surface area contributed by atoms with E-state index in [0.717, 1.165) is 22.3 Å². The third kappa shape index (κ3) is 3.67. The van der Waals surface area contributed by atoms with Crippen LogP contribution in [0.1, 0.15) is 11.4 Å². The molecule has 0 spiro atoms. The third-order valence-electron chi connectivity index (χ3n) is 3.89. The zero-order valence-electron chi connectivity index (χ0n) is 13.2. The second-order valence-corrected chi connectivity index (χ2v) is 5.64. The van der Waals surface area contributed by atoms with E-state index in [0.29, 0.717) is 18.7 Å². The van der Waals surface area contributed by atoms with Crippen LogP contribution >= 0.6 is 0 Å². The van der Waals surface area contributed by atoms with Crippen molar-refractivity contribution in [1.29, 1.82) is 5.26 Å². The van der Waals surface area contributed by atoms with Crippen LogP contribution in [0.15, 0.2) is 54.7 Å². The first-order valence-corrected chi connectivity index (χ1v) is 7.84. The average Bonchev–Trinajstić information content (AvgIpc) is 2.65. The van der Waals surface area contributed by atoms with E-state index in [1.54, 1.807) is 12.3 Å². The standard InChI is InChI=1S/C19H18N4O/c20-11-16-10-19(17-6-1-2-7-18(17)23-16)22-12-14(13-24)9-15-5-3-4-8-21-15/h1-8,10,14,24H,9,12-13H2,(H,22,23). The number of rotatable bonds is 6. The Balaban J connectivity index is 1.78. The number of hydrogen-bond donors (Lipinski definition) is 2. The lowest BCUT2D eigenvalue weighted by Gasteiger charge is -2.17. The molecule has 2 aromatic heterocycles. The van der Waals surface area contributed by atoms with Gasteiger partial charge in [0.25, 0.3) is 0 Å². The van der Waals surface area contributed by atoms with E-state index in [-0.39, 0.29) is 12.5 Å². The smallest absolute Gasteiger partial charge is 0.143 e. The SMILES string of the molecule is N#Cc1cc(NCC(CO)Cc2ccccn2)c2ccccc2n1. The molecule has 5 heteroatoms. The van der Waals surface area contributed by atoms with Crippen molar-refractivity contribution in [3.05, 3.63) is 66.1 Å². The largest absolute Gasteiger partial charge is 0.396 e. The summed E-state index contributed by atoms with van der Waals surface area (Å²) in [7, 11) is 0. The highest BCUT2D eigenvalue weighted by Gasteiger charge is 2.11. The highest BCUT2D eigenvalue weighted by Crippen LogP contribution is 2.23. The number of fused-ring (bicyclic) bond motifs is 1. The average molecular weight is 318 g/mol. The Morgan fingerprint density at radius 2 is 2.00 bits per heavy atom. The van der Waals surface area contributed by atoms with Crippen LogP contribution in [0.2, 0.25) is 0 Å². The van der Waals surface area contributed by atoms with E-state index < -0.39 is 0 Å². The minimum Gasteiger partial charge on any atom is -0.396 e. The molecule has 0 saturated heterocycles. The Bertz CT molecular complexity index is 858. The van der Waals surface area contributed by atoms with Crippen LogP contribution in [0.5, 0.6) is 0 Å². The molecule has 3 rings (SSSR count). The van der Waals surface area contributed by atoms with Gasteiger partial charge in [0, 0.05) is 42.0 Å². The highest BCUT2D eigenvalue weighted by molar-refractivity contribution is 5.91. The first-order valence-electron chi connectivity index (χ1n) is 7.84. The Morgan fingerprint density at radius 1 is 1.17 bits per heavy atom. The Labute approximate surface area is 140 Å². The predicted octanol–water partition coefficient (Wildman–Crippen LogP) is 2.76. The molecule has 0 aliphatic heterocycles. The quantitative estimate of drug-likeness (QED) is 0.730. The van der Waals surface area contributed by atoms with Gasteiger partial charge in [0.1, 0.15) is 11.8 Å². The molecule has 5 nitrogen and oxygen atoms in total.